The van der Waals surface area contributed by atoms with Gasteiger partial charge in [0.05, 0.1) is 23.1 Å². The summed E-state index contributed by atoms with van der Waals surface area (Å²) in [7, 11) is 1.34. The summed E-state index contributed by atoms with van der Waals surface area (Å²) in [4.78, 5) is 24.4. The summed E-state index contributed by atoms with van der Waals surface area (Å²) in [5.41, 5.74) is 2.01. The molecule has 1 aromatic rings. The van der Waals surface area contributed by atoms with Crippen molar-refractivity contribution in [3.63, 3.8) is 0 Å². The van der Waals surface area contributed by atoms with E-state index >= 15 is 0 Å². The fraction of sp³-hybridized carbons (Fsp3) is 0.467. The molecule has 1 N–H and O–H groups in total. The van der Waals surface area contributed by atoms with Gasteiger partial charge in [-0.3, -0.25) is 4.79 Å². The minimum absolute atomic E-state index is 0.0559. The molecule has 0 saturated heterocycles. The minimum Gasteiger partial charge on any atom is -0.465 e. The van der Waals surface area contributed by atoms with E-state index in [-0.39, 0.29) is 11.9 Å². The van der Waals surface area contributed by atoms with Gasteiger partial charge < -0.3 is 10.1 Å². The molecule has 2 rings (SSSR count). The zero-order valence-electron chi connectivity index (χ0n) is 12.8. The van der Waals surface area contributed by atoms with Gasteiger partial charge in [-0.05, 0) is 38.5 Å². The lowest BCUT2D eigenvalue weighted by molar-refractivity contribution is -0.117. The molecule has 1 aliphatic rings. The van der Waals surface area contributed by atoms with E-state index in [1.807, 2.05) is 40.7 Å². The number of esters is 1. The first-order valence-electron chi connectivity index (χ1n) is 6.58. The van der Waals surface area contributed by atoms with Gasteiger partial charge in [0, 0.05) is 4.90 Å². The molecule has 0 aromatic heterocycles. The van der Waals surface area contributed by atoms with Crippen LogP contribution in [0.15, 0.2) is 17.0 Å². The number of carbonyl (C=O) groups excluding carboxylic acids is 2. The standard InChI is InChI=1S/C13H15NO3S.C2H6/c1-7-5-10-9(6-8(7)11(15)17-4)14-12(16)13(2,3)18-10;1-2/h5-6H,1-4H3,(H,14,16);1-2H3. The van der Waals surface area contributed by atoms with Crippen molar-refractivity contribution in [1.82, 2.24) is 0 Å². The molecule has 0 unspecified atom stereocenters. The van der Waals surface area contributed by atoms with Crippen LogP contribution in [-0.2, 0) is 9.53 Å². The van der Waals surface area contributed by atoms with Crippen molar-refractivity contribution in [2.45, 2.75) is 44.3 Å². The highest BCUT2D eigenvalue weighted by Gasteiger charge is 2.35. The number of fused-ring (bicyclic) bond motifs is 1. The number of amides is 1. The Kier molecular flexibility index (Phi) is 5.22. The lowest BCUT2D eigenvalue weighted by Gasteiger charge is -2.30. The van der Waals surface area contributed by atoms with E-state index in [2.05, 4.69) is 5.32 Å². The third-order valence-corrected chi connectivity index (χ3v) is 4.15. The first-order valence-corrected chi connectivity index (χ1v) is 7.40. The van der Waals surface area contributed by atoms with Crippen LogP contribution in [0.25, 0.3) is 0 Å². The SMILES string of the molecule is CC.COC(=O)c1cc2c(cc1C)SC(C)(C)C(=O)N2. The Labute approximate surface area is 124 Å². The van der Waals surface area contributed by atoms with Crippen LogP contribution in [0.3, 0.4) is 0 Å². The summed E-state index contributed by atoms with van der Waals surface area (Å²) in [5.74, 6) is -0.445. The van der Waals surface area contributed by atoms with Gasteiger partial charge in [0.2, 0.25) is 5.91 Å². The molecular formula is C15H21NO3S. The molecule has 1 amide bonds. The molecule has 1 aromatic carbocycles. The highest BCUT2D eigenvalue weighted by atomic mass is 32.2. The normalized spacial score (nSPS) is 15.4. The Morgan fingerprint density at radius 1 is 1.30 bits per heavy atom. The largest absolute Gasteiger partial charge is 0.465 e. The zero-order valence-corrected chi connectivity index (χ0v) is 13.6. The Hall–Kier alpha value is -1.49. The van der Waals surface area contributed by atoms with Crippen LogP contribution < -0.4 is 5.32 Å². The molecule has 1 aliphatic heterocycles. The van der Waals surface area contributed by atoms with Gasteiger partial charge >= 0.3 is 5.97 Å². The molecule has 5 heteroatoms. The number of methoxy groups -OCH3 is 1. The molecule has 4 nitrogen and oxygen atoms in total. The number of carbonyl (C=O) groups is 2. The molecule has 0 spiro atoms. The van der Waals surface area contributed by atoms with Gasteiger partial charge in [0.15, 0.2) is 0 Å². The Bertz CT molecular complexity index is 538. The second kappa shape index (κ2) is 6.31. The number of benzene rings is 1. The summed E-state index contributed by atoms with van der Waals surface area (Å²) < 4.78 is 4.22. The molecule has 0 fully saturated rings. The van der Waals surface area contributed by atoms with Crippen LogP contribution >= 0.6 is 11.8 Å². The van der Waals surface area contributed by atoms with Gasteiger partial charge in [-0.25, -0.2) is 4.79 Å². The lowest BCUT2D eigenvalue weighted by atomic mass is 10.1. The topological polar surface area (TPSA) is 55.4 Å². The van der Waals surface area contributed by atoms with Crippen molar-refractivity contribution in [2.24, 2.45) is 0 Å². The predicted octanol–water partition coefficient (Wildman–Crippen LogP) is 3.63. The number of nitrogens with one attached hydrogen (secondary N) is 1. The maximum atomic E-state index is 11.9. The summed E-state index contributed by atoms with van der Waals surface area (Å²) in [6.45, 7) is 9.61. The first-order chi connectivity index (χ1) is 9.35. The zero-order chi connectivity index (χ0) is 15.5. The van der Waals surface area contributed by atoms with Gasteiger partial charge in [-0.1, -0.05) is 13.8 Å². The molecule has 20 heavy (non-hydrogen) atoms. The third kappa shape index (κ3) is 3.15. The van der Waals surface area contributed by atoms with Crippen LogP contribution in [0.2, 0.25) is 0 Å². The van der Waals surface area contributed by atoms with Crippen LogP contribution in [0.5, 0.6) is 0 Å². The van der Waals surface area contributed by atoms with E-state index in [0.717, 1.165) is 10.5 Å². The van der Waals surface area contributed by atoms with Crippen molar-refractivity contribution >= 4 is 29.3 Å². The minimum atomic E-state index is -0.494. The number of thioether (sulfide) groups is 1. The van der Waals surface area contributed by atoms with Crippen molar-refractivity contribution in [2.75, 3.05) is 12.4 Å². The van der Waals surface area contributed by atoms with Crippen LogP contribution in [-0.4, -0.2) is 23.7 Å². The van der Waals surface area contributed by atoms with Crippen molar-refractivity contribution in [1.29, 1.82) is 0 Å². The van der Waals surface area contributed by atoms with Crippen LogP contribution in [0.1, 0.15) is 43.6 Å². The number of hydrogen-bond acceptors (Lipinski definition) is 4. The number of anilines is 1. The summed E-state index contributed by atoms with van der Waals surface area (Å²) in [6, 6.07) is 3.59. The Morgan fingerprint density at radius 2 is 1.90 bits per heavy atom. The lowest BCUT2D eigenvalue weighted by Crippen LogP contribution is -2.37. The number of ether oxygens (including phenoxy) is 1. The van der Waals surface area contributed by atoms with Crippen molar-refractivity contribution in [3.05, 3.63) is 23.3 Å². The van der Waals surface area contributed by atoms with Gasteiger partial charge in [0.25, 0.3) is 0 Å². The molecule has 0 bridgehead atoms. The van der Waals surface area contributed by atoms with E-state index in [4.69, 9.17) is 4.74 Å². The van der Waals surface area contributed by atoms with Crippen molar-refractivity contribution in [3.8, 4) is 0 Å². The van der Waals surface area contributed by atoms with E-state index in [0.29, 0.717) is 11.3 Å². The average molecular weight is 295 g/mol. The highest BCUT2D eigenvalue weighted by molar-refractivity contribution is 8.01. The van der Waals surface area contributed by atoms with Gasteiger partial charge in [-0.15, -0.1) is 11.8 Å². The molecule has 0 saturated carbocycles. The van der Waals surface area contributed by atoms with E-state index in [1.165, 1.54) is 18.9 Å². The molecular weight excluding hydrogens is 274 g/mol. The fourth-order valence-electron chi connectivity index (χ4n) is 1.79. The van der Waals surface area contributed by atoms with Crippen molar-refractivity contribution < 1.29 is 14.3 Å². The van der Waals surface area contributed by atoms with Crippen LogP contribution in [0, 0.1) is 6.92 Å². The van der Waals surface area contributed by atoms with Crippen LogP contribution in [0.4, 0.5) is 5.69 Å². The summed E-state index contributed by atoms with van der Waals surface area (Å²) in [6.07, 6.45) is 0. The molecule has 0 aliphatic carbocycles. The average Bonchev–Trinajstić information content (AvgIpc) is 2.41. The summed E-state index contributed by atoms with van der Waals surface area (Å²) >= 11 is 1.50. The number of rotatable bonds is 1. The molecule has 0 radical (unpaired) electrons. The maximum Gasteiger partial charge on any atom is 0.338 e. The monoisotopic (exact) mass is 295 g/mol. The Morgan fingerprint density at radius 3 is 2.45 bits per heavy atom. The molecule has 110 valence electrons. The third-order valence-electron chi connectivity index (χ3n) is 2.89. The second-order valence-electron chi connectivity index (χ2n) is 4.72. The highest BCUT2D eigenvalue weighted by Crippen LogP contribution is 2.43. The summed E-state index contributed by atoms with van der Waals surface area (Å²) in [5, 5.41) is 2.83. The second-order valence-corrected chi connectivity index (χ2v) is 6.39. The van der Waals surface area contributed by atoms with E-state index in [9.17, 15) is 9.59 Å². The maximum absolute atomic E-state index is 11.9. The Balaban J connectivity index is 0.000000956. The fourth-order valence-corrected chi connectivity index (χ4v) is 2.94. The van der Waals surface area contributed by atoms with E-state index < -0.39 is 4.75 Å². The first kappa shape index (κ1) is 16.6. The van der Waals surface area contributed by atoms with E-state index in [1.54, 1.807) is 6.07 Å². The van der Waals surface area contributed by atoms with Gasteiger partial charge in [-0.2, -0.15) is 0 Å². The number of aryl methyl sites for hydroxylation is 1. The smallest absolute Gasteiger partial charge is 0.338 e. The quantitative estimate of drug-likeness (QED) is 0.804. The number of hydrogen-bond donors (Lipinski definition) is 1. The van der Waals surface area contributed by atoms with Gasteiger partial charge in [0.1, 0.15) is 0 Å². The predicted molar refractivity (Wildman–Crippen MR) is 82.4 cm³/mol. The molecule has 0 atom stereocenters. The molecule has 1 heterocycles.